The zero-order chi connectivity index (χ0) is 64.4. The number of carbonyl (C=O) groups is 9. The van der Waals surface area contributed by atoms with Crippen LogP contribution in [0.5, 0.6) is 0 Å². The summed E-state index contributed by atoms with van der Waals surface area (Å²) in [5.41, 5.74) is 5.16. The maximum atomic E-state index is 16.0. The number of nitrogens with zero attached hydrogens (tertiary/aromatic N) is 9. The van der Waals surface area contributed by atoms with Gasteiger partial charge in [-0.05, 0) is 172 Å². The van der Waals surface area contributed by atoms with Crippen LogP contribution >= 0.6 is 0 Å². The minimum atomic E-state index is -1.11. The summed E-state index contributed by atoms with van der Waals surface area (Å²) in [6, 6.07) is 14.9. The summed E-state index contributed by atoms with van der Waals surface area (Å²) in [5.74, 6) is -3.06. The lowest BCUT2D eigenvalue weighted by Gasteiger charge is -2.48. The number of piperidine rings is 5. The molecule has 0 bridgehead atoms. The van der Waals surface area contributed by atoms with Gasteiger partial charge in [-0.25, -0.2) is 14.4 Å². The third kappa shape index (κ3) is 11.6. The monoisotopic (exact) mass is 1260 g/mol. The van der Waals surface area contributed by atoms with Gasteiger partial charge < -0.3 is 45.0 Å². The zero-order valence-electron chi connectivity index (χ0n) is 53.2. The normalized spacial score (nSPS) is 22.2. The van der Waals surface area contributed by atoms with E-state index in [-0.39, 0.29) is 95.7 Å². The number of benzene rings is 3. The number of rotatable bonds is 15. The lowest BCUT2D eigenvalue weighted by atomic mass is 9.73. The Bertz CT molecular complexity index is 3830. The molecule has 23 heteroatoms. The van der Waals surface area contributed by atoms with E-state index in [1.807, 2.05) is 54.2 Å². The van der Waals surface area contributed by atoms with Crippen LogP contribution in [0.25, 0.3) is 22.3 Å². The molecule has 13 rings (SSSR count). The Balaban J connectivity index is 0.639. The number of hydrogen-bond acceptors (Lipinski definition) is 14. The molecule has 4 N–H and O–H groups in total. The number of halogens is 1. The van der Waals surface area contributed by atoms with Gasteiger partial charge in [0.15, 0.2) is 5.82 Å². The predicted molar refractivity (Wildman–Crippen MR) is 342 cm³/mol. The van der Waals surface area contributed by atoms with Crippen molar-refractivity contribution in [2.75, 3.05) is 74.4 Å². The standard InChI is InChI=1S/C69H82FN13O9/c1-39(2)73-63(87)48-35-53(50(70)30-41(48)5)75-62-61-54(72-38-81(61)40(3)4)36-52(74-62)44-12-13-49-56(32-44)82(46-33-45(34-46)77-22-7-6-8-23-77)68(92)69(49)20-28-79(29-21-69)58(85)31-42-16-24-80(25-17-42)65(89)43-18-26-78(27-19-43)59(86)37-71-51-11-9-10-47-60(51)67(91)83(66(47)90)55-14-15-57(84)76-64(55)88/h9-13,30,32,35-36,38-40,42-43,45-46,55,71H,6-8,14-29,31,33-34,37H2,1-5H3,(H,73,87)(H,74,75)(H,76,84,88). The number of hydrogen-bond donors (Lipinski definition) is 4. The smallest absolute Gasteiger partial charge is 0.264 e. The Morgan fingerprint density at radius 2 is 1.47 bits per heavy atom. The Morgan fingerprint density at radius 3 is 2.17 bits per heavy atom. The van der Waals surface area contributed by atoms with Crippen molar-refractivity contribution >= 4 is 87.1 Å². The van der Waals surface area contributed by atoms with Crippen LogP contribution < -0.4 is 26.2 Å². The van der Waals surface area contributed by atoms with Gasteiger partial charge in [-0.3, -0.25) is 53.4 Å². The molecular formula is C69H82FN13O9. The van der Waals surface area contributed by atoms with Crippen molar-refractivity contribution in [3.8, 4) is 11.3 Å². The molecule has 9 heterocycles. The molecule has 5 aromatic rings. The molecule has 8 aliphatic rings. The maximum absolute atomic E-state index is 16.0. The van der Waals surface area contributed by atoms with E-state index in [1.165, 1.54) is 37.5 Å². The van der Waals surface area contributed by atoms with Crippen LogP contribution in [-0.4, -0.2) is 175 Å². The van der Waals surface area contributed by atoms with Crippen molar-refractivity contribution in [3.05, 3.63) is 94.6 Å². The molecule has 7 aliphatic heterocycles. The minimum Gasteiger partial charge on any atom is -0.375 e. The first-order valence-electron chi connectivity index (χ1n) is 33.2. The maximum Gasteiger partial charge on any atom is 0.264 e. The summed E-state index contributed by atoms with van der Waals surface area (Å²) in [6.45, 7) is 14.3. The van der Waals surface area contributed by atoms with Crippen LogP contribution in [-0.2, 0) is 34.2 Å². The zero-order valence-corrected chi connectivity index (χ0v) is 53.2. The van der Waals surface area contributed by atoms with Gasteiger partial charge in [-0.1, -0.05) is 24.6 Å². The van der Waals surface area contributed by atoms with Gasteiger partial charge >= 0.3 is 0 Å². The second-order valence-electron chi connectivity index (χ2n) is 27.3. The molecule has 484 valence electrons. The molecule has 1 spiro atoms. The largest absolute Gasteiger partial charge is 0.375 e. The summed E-state index contributed by atoms with van der Waals surface area (Å²) >= 11 is 0. The van der Waals surface area contributed by atoms with Crippen molar-refractivity contribution < 1.29 is 47.5 Å². The minimum absolute atomic E-state index is 0.00140. The summed E-state index contributed by atoms with van der Waals surface area (Å²) < 4.78 is 18.0. The quantitative estimate of drug-likeness (QED) is 0.0737. The third-order valence-corrected chi connectivity index (χ3v) is 20.9. The van der Waals surface area contributed by atoms with E-state index in [0.29, 0.717) is 130 Å². The average Bonchev–Trinajstić information content (AvgIpc) is 1.56. The van der Waals surface area contributed by atoms with Crippen LogP contribution in [0.2, 0.25) is 0 Å². The van der Waals surface area contributed by atoms with Gasteiger partial charge in [0.1, 0.15) is 17.4 Å². The van der Waals surface area contributed by atoms with Crippen LogP contribution in [0, 0.1) is 24.6 Å². The van der Waals surface area contributed by atoms with Gasteiger partial charge in [0.2, 0.25) is 35.4 Å². The van der Waals surface area contributed by atoms with Crippen molar-refractivity contribution in [1.29, 1.82) is 0 Å². The molecule has 1 saturated carbocycles. The molecule has 9 amide bonds. The highest BCUT2D eigenvalue weighted by Crippen LogP contribution is 2.53. The van der Waals surface area contributed by atoms with Crippen molar-refractivity contribution in [1.82, 2.24) is 49.7 Å². The van der Waals surface area contributed by atoms with E-state index in [1.54, 1.807) is 30.3 Å². The van der Waals surface area contributed by atoms with Crippen LogP contribution in [0.15, 0.2) is 60.9 Å². The number of anilines is 4. The van der Waals surface area contributed by atoms with Gasteiger partial charge in [0.25, 0.3) is 17.7 Å². The molecular weight excluding hydrogens is 1170 g/mol. The lowest BCUT2D eigenvalue weighted by molar-refractivity contribution is -0.142. The number of aryl methyl sites for hydroxylation is 1. The van der Waals surface area contributed by atoms with Crippen LogP contribution in [0.1, 0.15) is 166 Å². The summed E-state index contributed by atoms with van der Waals surface area (Å²) in [7, 11) is 0. The van der Waals surface area contributed by atoms with Crippen molar-refractivity contribution in [2.45, 2.75) is 160 Å². The molecule has 1 unspecified atom stereocenters. The Hall–Kier alpha value is -8.60. The van der Waals surface area contributed by atoms with E-state index >= 15 is 9.18 Å². The SMILES string of the molecule is Cc1cc(F)c(Nc2nc(-c3ccc4c(c3)N(C3CC(N5CCCCC5)C3)C(=O)C43CCN(C(=O)CC4CCN(C(=O)C5CCN(C(=O)CNc6cccc7c6C(=O)N(C6CCC(=O)NC6=O)C7=O)CC5)CC4)CC3)cc3ncn(C(C)C)c23)cc1C(=O)NC(C)C. The number of nitrogens with one attached hydrogen (secondary N) is 4. The highest BCUT2D eigenvalue weighted by atomic mass is 19.1. The molecule has 2 aromatic heterocycles. The summed E-state index contributed by atoms with van der Waals surface area (Å²) in [4.78, 5) is 143. The number of imide groups is 2. The third-order valence-electron chi connectivity index (χ3n) is 20.9. The van der Waals surface area contributed by atoms with Crippen molar-refractivity contribution in [3.63, 3.8) is 0 Å². The van der Waals surface area contributed by atoms with Gasteiger partial charge in [-0.2, -0.15) is 0 Å². The Labute approximate surface area is 534 Å². The number of likely N-dealkylation sites (tertiary alicyclic amines) is 4. The predicted octanol–water partition coefficient (Wildman–Crippen LogP) is 7.61. The van der Waals surface area contributed by atoms with Gasteiger partial charge in [-0.15, -0.1) is 0 Å². The molecule has 3 aromatic carbocycles. The van der Waals surface area contributed by atoms with Crippen molar-refractivity contribution in [2.24, 2.45) is 11.8 Å². The fourth-order valence-corrected chi connectivity index (χ4v) is 15.6. The van der Waals surface area contributed by atoms with Gasteiger partial charge in [0.05, 0.1) is 46.3 Å². The fraction of sp³-hybridized carbons (Fsp3) is 0.522. The van der Waals surface area contributed by atoms with Crippen LogP contribution in [0.3, 0.4) is 0 Å². The van der Waals surface area contributed by atoms with E-state index in [2.05, 4.69) is 43.2 Å². The second kappa shape index (κ2) is 25.1. The van der Waals surface area contributed by atoms with E-state index < -0.39 is 40.9 Å². The number of amides is 9. The first-order valence-corrected chi connectivity index (χ1v) is 33.2. The van der Waals surface area contributed by atoms with E-state index in [0.717, 1.165) is 47.6 Å². The molecule has 0 radical (unpaired) electrons. The molecule has 22 nitrogen and oxygen atoms in total. The van der Waals surface area contributed by atoms with E-state index in [9.17, 15) is 38.4 Å². The first-order chi connectivity index (χ1) is 44.2. The second-order valence-corrected chi connectivity index (χ2v) is 27.3. The lowest BCUT2D eigenvalue weighted by Crippen LogP contribution is -2.58. The van der Waals surface area contributed by atoms with Gasteiger partial charge in [0, 0.05) is 105 Å². The number of fused-ring (bicyclic) bond motifs is 4. The number of imidazole rings is 1. The summed E-state index contributed by atoms with van der Waals surface area (Å²) in [6.07, 6.45) is 10.9. The molecule has 6 fully saturated rings. The first kappa shape index (κ1) is 62.2. The highest BCUT2D eigenvalue weighted by Gasteiger charge is 2.56. The Morgan fingerprint density at radius 1 is 0.750 bits per heavy atom. The van der Waals surface area contributed by atoms with E-state index in [4.69, 9.17) is 9.97 Å². The molecule has 5 saturated heterocycles. The number of aromatic nitrogens is 3. The fourth-order valence-electron chi connectivity index (χ4n) is 15.6. The average molecular weight is 1260 g/mol. The Kier molecular flexibility index (Phi) is 17.0. The number of carbonyl (C=O) groups excluding carboxylic acids is 9. The highest BCUT2D eigenvalue weighted by molar-refractivity contribution is 6.25. The molecule has 1 atom stereocenters. The number of pyridine rings is 1. The summed E-state index contributed by atoms with van der Waals surface area (Å²) in [5, 5.41) is 11.4. The topological polar surface area (TPSA) is 252 Å². The molecule has 92 heavy (non-hydrogen) atoms. The van der Waals surface area contributed by atoms with Crippen LogP contribution in [0.4, 0.5) is 27.3 Å². The molecule has 1 aliphatic carbocycles.